The van der Waals surface area contributed by atoms with Gasteiger partial charge in [-0.1, -0.05) is 11.6 Å². The Morgan fingerprint density at radius 3 is 2.70 bits per heavy atom. The number of rotatable bonds is 4. The molecule has 2 unspecified atom stereocenters. The summed E-state index contributed by atoms with van der Waals surface area (Å²) in [6, 6.07) is 0.477. The van der Waals surface area contributed by atoms with Gasteiger partial charge in [0, 0.05) is 31.7 Å². The lowest BCUT2D eigenvalue weighted by atomic mass is 10.0. The van der Waals surface area contributed by atoms with Gasteiger partial charge in [-0.3, -0.25) is 15.4 Å². The van der Waals surface area contributed by atoms with Crippen LogP contribution in [-0.2, 0) is 0 Å². The third kappa shape index (κ3) is 2.99. The summed E-state index contributed by atoms with van der Waals surface area (Å²) in [5.41, 5.74) is 3.92. The summed E-state index contributed by atoms with van der Waals surface area (Å²) < 4.78 is 1.95. The smallest absolute Gasteiger partial charge is 0.0835 e. The summed E-state index contributed by atoms with van der Waals surface area (Å²) in [5, 5.41) is 5.05. The second-order valence-electron chi connectivity index (χ2n) is 5.87. The van der Waals surface area contributed by atoms with E-state index in [2.05, 4.69) is 48.3 Å². The van der Waals surface area contributed by atoms with Crippen molar-refractivity contribution in [2.75, 3.05) is 33.7 Å². The number of hydrogen-bond acceptors (Lipinski definition) is 5. The minimum absolute atomic E-state index is 0.0415. The number of nitrogens with two attached hydrogens (primary N) is 1. The van der Waals surface area contributed by atoms with Crippen LogP contribution in [0.5, 0.6) is 0 Å². The summed E-state index contributed by atoms with van der Waals surface area (Å²) in [6.45, 7) is 7.23. The van der Waals surface area contributed by atoms with Crippen molar-refractivity contribution in [2.45, 2.75) is 32.0 Å². The van der Waals surface area contributed by atoms with Crippen LogP contribution in [-0.4, -0.2) is 59.4 Å². The molecule has 2 rings (SSSR count). The largest absolute Gasteiger partial charge is 0.303 e. The summed E-state index contributed by atoms with van der Waals surface area (Å²) in [6.07, 6.45) is 1.70. The van der Waals surface area contributed by atoms with E-state index in [-0.39, 0.29) is 18.1 Å². The van der Waals surface area contributed by atoms with Crippen LogP contribution in [0.4, 0.5) is 0 Å². The van der Waals surface area contributed by atoms with E-state index < -0.39 is 0 Å². The molecule has 7 heteroatoms. The molecule has 114 valence electrons. The zero-order valence-corrected chi connectivity index (χ0v) is 13.4. The number of hydrogen-bond donors (Lipinski definition) is 2. The van der Waals surface area contributed by atoms with Crippen LogP contribution in [0.15, 0.2) is 6.20 Å². The van der Waals surface area contributed by atoms with Crippen LogP contribution in [0, 0.1) is 0 Å². The molecule has 0 amide bonds. The maximum atomic E-state index is 6.35. The normalized spacial score (nSPS) is 23.4. The minimum Gasteiger partial charge on any atom is -0.303 e. The fourth-order valence-corrected chi connectivity index (χ4v) is 3.08. The molecule has 0 bridgehead atoms. The molecule has 1 aromatic rings. The second kappa shape index (κ2) is 6.41. The molecule has 1 fully saturated rings. The lowest BCUT2D eigenvalue weighted by Gasteiger charge is -2.42. The number of nitrogens with zero attached hydrogens (tertiary/aromatic N) is 4. The topological polar surface area (TPSA) is 62.4 Å². The third-order valence-corrected chi connectivity index (χ3v) is 4.33. The molecule has 0 aliphatic carbocycles. The number of piperazine rings is 1. The first-order chi connectivity index (χ1) is 9.45. The lowest BCUT2D eigenvalue weighted by molar-refractivity contribution is 0.0849. The minimum atomic E-state index is -0.0415. The highest BCUT2D eigenvalue weighted by Crippen LogP contribution is 2.30. The summed E-state index contributed by atoms with van der Waals surface area (Å²) in [5.74, 6) is 5.85. The summed E-state index contributed by atoms with van der Waals surface area (Å²) >= 11 is 6.35. The van der Waals surface area contributed by atoms with Crippen LogP contribution in [0.1, 0.15) is 31.6 Å². The molecule has 0 spiro atoms. The molecular weight excluding hydrogens is 276 g/mol. The number of aromatic nitrogens is 2. The van der Waals surface area contributed by atoms with Crippen LogP contribution in [0.2, 0.25) is 5.02 Å². The van der Waals surface area contributed by atoms with Crippen molar-refractivity contribution < 1.29 is 0 Å². The molecule has 0 saturated carbocycles. The SMILES string of the molecule is CC(C)n1ncc(Cl)c1C(NN)C1CN(C)CCN1C. The van der Waals surface area contributed by atoms with Crippen molar-refractivity contribution in [1.82, 2.24) is 25.0 Å². The van der Waals surface area contributed by atoms with Gasteiger partial charge in [-0.2, -0.15) is 5.10 Å². The van der Waals surface area contributed by atoms with Crippen molar-refractivity contribution in [2.24, 2.45) is 5.84 Å². The lowest BCUT2D eigenvalue weighted by Crippen LogP contribution is -2.56. The Kier molecular flexibility index (Phi) is 5.04. The Balaban J connectivity index is 2.34. The van der Waals surface area contributed by atoms with E-state index in [1.807, 2.05) is 4.68 Å². The standard InChI is InChI=1S/C13H25ClN6/c1-9(2)20-13(10(14)7-16-20)12(17-15)11-8-18(3)5-6-19(11)4/h7,9,11-12,17H,5-6,8,15H2,1-4H3. The first-order valence-electron chi connectivity index (χ1n) is 7.03. The van der Waals surface area contributed by atoms with Gasteiger partial charge in [-0.25, -0.2) is 5.43 Å². The predicted octanol–water partition coefficient (Wildman–Crippen LogP) is 0.868. The summed E-state index contributed by atoms with van der Waals surface area (Å²) in [7, 11) is 4.26. The molecule has 6 nitrogen and oxygen atoms in total. The van der Waals surface area contributed by atoms with Gasteiger partial charge >= 0.3 is 0 Å². The zero-order chi connectivity index (χ0) is 14.9. The van der Waals surface area contributed by atoms with Gasteiger partial charge in [0.25, 0.3) is 0 Å². The maximum Gasteiger partial charge on any atom is 0.0835 e. The van der Waals surface area contributed by atoms with Crippen molar-refractivity contribution in [3.05, 3.63) is 16.9 Å². The molecular formula is C13H25ClN6. The number of likely N-dealkylation sites (N-methyl/N-ethyl adjacent to an activating group) is 2. The predicted molar refractivity (Wildman–Crippen MR) is 81.6 cm³/mol. The maximum absolute atomic E-state index is 6.35. The average Bonchev–Trinajstić information content (AvgIpc) is 2.77. The Labute approximate surface area is 125 Å². The highest BCUT2D eigenvalue weighted by Gasteiger charge is 2.34. The molecule has 3 N–H and O–H groups in total. The Bertz CT molecular complexity index is 446. The zero-order valence-electron chi connectivity index (χ0n) is 12.7. The van der Waals surface area contributed by atoms with E-state index in [0.29, 0.717) is 5.02 Å². The third-order valence-electron chi connectivity index (χ3n) is 4.03. The molecule has 1 saturated heterocycles. The fraction of sp³-hybridized carbons (Fsp3) is 0.769. The fourth-order valence-electron chi connectivity index (χ4n) is 2.83. The molecule has 1 aromatic heterocycles. The van der Waals surface area contributed by atoms with Crippen molar-refractivity contribution in [1.29, 1.82) is 0 Å². The quantitative estimate of drug-likeness (QED) is 0.638. The average molecular weight is 301 g/mol. The molecule has 20 heavy (non-hydrogen) atoms. The Morgan fingerprint density at radius 1 is 1.40 bits per heavy atom. The molecule has 0 aromatic carbocycles. The highest BCUT2D eigenvalue weighted by atomic mass is 35.5. The number of nitrogens with one attached hydrogen (secondary N) is 1. The van der Waals surface area contributed by atoms with E-state index in [1.165, 1.54) is 0 Å². The van der Waals surface area contributed by atoms with Gasteiger partial charge in [0.05, 0.1) is 23.0 Å². The second-order valence-corrected chi connectivity index (χ2v) is 6.28. The molecule has 0 radical (unpaired) electrons. The first-order valence-corrected chi connectivity index (χ1v) is 7.41. The van der Waals surface area contributed by atoms with E-state index >= 15 is 0 Å². The number of hydrazine groups is 1. The van der Waals surface area contributed by atoms with E-state index in [9.17, 15) is 0 Å². The molecule has 2 heterocycles. The van der Waals surface area contributed by atoms with Gasteiger partial charge < -0.3 is 4.90 Å². The van der Waals surface area contributed by atoms with Crippen LogP contribution >= 0.6 is 11.6 Å². The monoisotopic (exact) mass is 300 g/mol. The van der Waals surface area contributed by atoms with Crippen LogP contribution in [0.25, 0.3) is 0 Å². The molecule has 1 aliphatic rings. The van der Waals surface area contributed by atoms with Crippen LogP contribution in [0.3, 0.4) is 0 Å². The Morgan fingerprint density at radius 2 is 2.10 bits per heavy atom. The molecule has 1 aliphatic heterocycles. The number of halogens is 1. The van der Waals surface area contributed by atoms with Gasteiger partial charge in [-0.05, 0) is 27.9 Å². The highest BCUT2D eigenvalue weighted by molar-refractivity contribution is 6.31. The summed E-state index contributed by atoms with van der Waals surface area (Å²) in [4.78, 5) is 4.65. The van der Waals surface area contributed by atoms with Gasteiger partial charge in [-0.15, -0.1) is 0 Å². The van der Waals surface area contributed by atoms with Gasteiger partial charge in [0.1, 0.15) is 0 Å². The Hall–Kier alpha value is -0.660. The van der Waals surface area contributed by atoms with Crippen LogP contribution < -0.4 is 11.3 Å². The van der Waals surface area contributed by atoms with E-state index in [4.69, 9.17) is 17.4 Å². The van der Waals surface area contributed by atoms with Crippen molar-refractivity contribution in [3.63, 3.8) is 0 Å². The first kappa shape index (κ1) is 15.7. The van der Waals surface area contributed by atoms with E-state index in [0.717, 1.165) is 25.3 Å². The van der Waals surface area contributed by atoms with Gasteiger partial charge in [0.15, 0.2) is 0 Å². The van der Waals surface area contributed by atoms with E-state index in [1.54, 1.807) is 6.20 Å². The van der Waals surface area contributed by atoms with Crippen molar-refractivity contribution in [3.8, 4) is 0 Å². The molecule has 2 atom stereocenters. The van der Waals surface area contributed by atoms with Gasteiger partial charge in [0.2, 0.25) is 0 Å². The van der Waals surface area contributed by atoms with Crippen molar-refractivity contribution >= 4 is 11.6 Å².